The largest absolute Gasteiger partial charge is 0.497 e. The maximum Gasteiger partial charge on any atom is 0.311 e. The van der Waals surface area contributed by atoms with Gasteiger partial charge in [0.1, 0.15) is 11.9 Å². The fourth-order valence-electron chi connectivity index (χ4n) is 5.66. The van der Waals surface area contributed by atoms with Crippen molar-refractivity contribution in [3.8, 4) is 11.5 Å². The van der Waals surface area contributed by atoms with Crippen molar-refractivity contribution >= 4 is 24.4 Å². The molecule has 0 N–H and O–H groups in total. The van der Waals surface area contributed by atoms with E-state index in [0.29, 0.717) is 12.2 Å². The number of unbranched alkanes of at least 4 members (excludes halogenated alkanes) is 2. The lowest BCUT2D eigenvalue weighted by atomic mass is 10.0. The Labute approximate surface area is 258 Å². The van der Waals surface area contributed by atoms with E-state index in [0.717, 1.165) is 37.7 Å². The van der Waals surface area contributed by atoms with Gasteiger partial charge in [0, 0.05) is 18.2 Å². The van der Waals surface area contributed by atoms with Crippen molar-refractivity contribution in [3.63, 3.8) is 0 Å². The Morgan fingerprint density at radius 1 is 0.953 bits per heavy atom. The molecule has 3 aromatic carbocycles. The monoisotopic (exact) mass is 601 g/mol. The normalized spacial score (nSPS) is 13.1. The van der Waals surface area contributed by atoms with E-state index >= 15 is 0 Å². The third-order valence-electron chi connectivity index (χ3n) is 7.86. The molecule has 0 aliphatic rings. The summed E-state index contributed by atoms with van der Waals surface area (Å²) in [6.07, 6.45) is 6.94. The fourth-order valence-corrected chi connectivity index (χ4v) is 10.4. The second-order valence-corrected chi connectivity index (χ2v) is 16.4. The summed E-state index contributed by atoms with van der Waals surface area (Å²) in [6.45, 7) is 16.9. The van der Waals surface area contributed by atoms with E-state index in [4.69, 9.17) is 13.9 Å². The first-order valence-electron chi connectivity index (χ1n) is 15.1. The molecule has 3 aromatic rings. The summed E-state index contributed by atoms with van der Waals surface area (Å²) >= 11 is 0. The molecule has 2 unspecified atom stereocenters. The maximum atomic E-state index is 11.6. The predicted octanol–water partition coefficient (Wildman–Crippen LogP) is 8.40. The molecular formula is C36H47NO5Si. The second kappa shape index (κ2) is 15.7. The van der Waals surface area contributed by atoms with Crippen LogP contribution in [0.4, 0.5) is 5.69 Å². The van der Waals surface area contributed by atoms with E-state index in [1.165, 1.54) is 23.5 Å². The summed E-state index contributed by atoms with van der Waals surface area (Å²) in [7, 11) is -1.14. The van der Waals surface area contributed by atoms with Gasteiger partial charge < -0.3 is 13.9 Å². The van der Waals surface area contributed by atoms with Gasteiger partial charge in [0.2, 0.25) is 5.75 Å². The molecule has 0 spiro atoms. The molecule has 0 amide bonds. The number of hydrogen-bond acceptors (Lipinski definition) is 5. The van der Waals surface area contributed by atoms with Crippen LogP contribution < -0.4 is 19.8 Å². The van der Waals surface area contributed by atoms with Gasteiger partial charge in [-0.05, 0) is 59.7 Å². The molecule has 2 atom stereocenters. The lowest BCUT2D eigenvalue weighted by Crippen LogP contribution is -2.67. The number of nitro benzene ring substituents is 1. The molecule has 0 aliphatic carbocycles. The smallest absolute Gasteiger partial charge is 0.311 e. The Hall–Kier alpha value is -3.68. The first-order chi connectivity index (χ1) is 20.5. The highest BCUT2D eigenvalue weighted by Crippen LogP contribution is 2.38. The van der Waals surface area contributed by atoms with Crippen LogP contribution in [-0.4, -0.2) is 32.6 Å². The highest BCUT2D eigenvalue weighted by atomic mass is 28.4. The Morgan fingerprint density at radius 3 is 2.02 bits per heavy atom. The molecule has 7 heteroatoms. The van der Waals surface area contributed by atoms with Crippen LogP contribution in [0.5, 0.6) is 11.5 Å². The van der Waals surface area contributed by atoms with Gasteiger partial charge in [-0.25, -0.2) is 0 Å². The Balaban J connectivity index is 1.72. The third kappa shape index (κ3) is 8.68. The topological polar surface area (TPSA) is 70.8 Å². The van der Waals surface area contributed by atoms with Gasteiger partial charge in [0.15, 0.2) is 0 Å². The molecule has 0 aromatic heterocycles. The van der Waals surface area contributed by atoms with E-state index < -0.39 is 13.2 Å². The van der Waals surface area contributed by atoms with Gasteiger partial charge in [-0.2, -0.15) is 0 Å². The van der Waals surface area contributed by atoms with E-state index in [1.807, 2.05) is 13.0 Å². The summed E-state index contributed by atoms with van der Waals surface area (Å²) in [5, 5.41) is 14.0. The molecule has 0 radical (unpaired) electrons. The molecule has 0 saturated heterocycles. The van der Waals surface area contributed by atoms with Crippen LogP contribution in [-0.2, 0) is 4.43 Å². The van der Waals surface area contributed by atoms with Crippen molar-refractivity contribution in [3.05, 3.63) is 114 Å². The number of methoxy groups -OCH3 is 1. The van der Waals surface area contributed by atoms with Crippen molar-refractivity contribution in [2.45, 2.75) is 83.5 Å². The quantitative estimate of drug-likeness (QED) is 0.0511. The van der Waals surface area contributed by atoms with Crippen molar-refractivity contribution in [2.24, 2.45) is 0 Å². The SMILES string of the molecule is C=CCC(CCCCCC(Oc1cc(OC)ccc1[N+](=O)[O-])C(=C)C)O[Si](c1ccccc1)(c1ccccc1)C(C)(C)C. The van der Waals surface area contributed by atoms with Crippen LogP contribution in [0.3, 0.4) is 0 Å². The lowest BCUT2D eigenvalue weighted by Gasteiger charge is -2.45. The minimum absolute atomic E-state index is 0.0384. The van der Waals surface area contributed by atoms with Crippen LogP contribution in [0.1, 0.15) is 66.2 Å². The van der Waals surface area contributed by atoms with Crippen LogP contribution in [0.2, 0.25) is 5.04 Å². The number of nitro groups is 1. The van der Waals surface area contributed by atoms with E-state index in [9.17, 15) is 10.1 Å². The first kappa shape index (κ1) is 33.8. The van der Waals surface area contributed by atoms with Gasteiger partial charge in [-0.15, -0.1) is 6.58 Å². The average molecular weight is 602 g/mol. The molecule has 0 heterocycles. The van der Waals surface area contributed by atoms with Crippen molar-refractivity contribution in [2.75, 3.05) is 7.11 Å². The van der Waals surface area contributed by atoms with Crippen LogP contribution in [0.15, 0.2) is 104 Å². The summed E-state index contributed by atoms with van der Waals surface area (Å²) in [4.78, 5) is 11.1. The number of ether oxygens (including phenoxy) is 2. The van der Waals surface area contributed by atoms with Crippen molar-refractivity contribution in [1.82, 2.24) is 0 Å². The fraction of sp³-hybridized carbons (Fsp3) is 0.389. The molecule has 3 rings (SSSR count). The Morgan fingerprint density at radius 2 is 1.53 bits per heavy atom. The zero-order valence-corrected chi connectivity index (χ0v) is 27.4. The number of nitrogens with zero attached hydrogens (tertiary/aromatic N) is 1. The zero-order chi connectivity index (χ0) is 31.5. The number of benzene rings is 3. The van der Waals surface area contributed by atoms with E-state index in [2.05, 4.69) is 94.6 Å². The molecule has 6 nitrogen and oxygen atoms in total. The van der Waals surface area contributed by atoms with Crippen LogP contribution in [0, 0.1) is 10.1 Å². The van der Waals surface area contributed by atoms with Gasteiger partial charge in [0.25, 0.3) is 8.32 Å². The highest BCUT2D eigenvalue weighted by Gasteiger charge is 2.51. The number of rotatable bonds is 17. The van der Waals surface area contributed by atoms with Crippen molar-refractivity contribution in [1.29, 1.82) is 0 Å². The van der Waals surface area contributed by atoms with Crippen LogP contribution in [0.25, 0.3) is 0 Å². The van der Waals surface area contributed by atoms with Crippen molar-refractivity contribution < 1.29 is 18.8 Å². The minimum Gasteiger partial charge on any atom is -0.497 e. The number of hydrogen-bond donors (Lipinski definition) is 0. The standard InChI is InChI=1S/C36H47NO5Si/c1-8-18-29(42-43(36(4,5)6,31-20-13-10-14-21-31)32-22-15-11-16-23-32)19-12-9-17-24-34(28(2)3)41-35-27-30(40-7)25-26-33(35)37(38)39/h8,10-11,13-16,20-23,25-27,29,34H,1-2,9,12,17-19,24H2,3-7H3. The van der Waals surface area contributed by atoms with E-state index in [-0.39, 0.29) is 28.7 Å². The molecular weight excluding hydrogens is 554 g/mol. The van der Waals surface area contributed by atoms with Gasteiger partial charge in [-0.1, -0.05) is 107 Å². The van der Waals surface area contributed by atoms with Gasteiger partial charge in [0.05, 0.1) is 12.0 Å². The zero-order valence-electron chi connectivity index (χ0n) is 26.4. The molecule has 43 heavy (non-hydrogen) atoms. The van der Waals surface area contributed by atoms with Gasteiger partial charge >= 0.3 is 5.69 Å². The molecule has 0 aliphatic heterocycles. The summed E-state index contributed by atoms with van der Waals surface area (Å²) in [5.74, 6) is 0.706. The summed E-state index contributed by atoms with van der Waals surface area (Å²) < 4.78 is 18.8. The Kier molecular flexibility index (Phi) is 12.3. The summed E-state index contributed by atoms with van der Waals surface area (Å²) in [6, 6.07) is 26.0. The molecule has 230 valence electrons. The first-order valence-corrected chi connectivity index (χ1v) is 17.0. The average Bonchev–Trinajstić information content (AvgIpc) is 2.98. The molecule has 0 fully saturated rings. The lowest BCUT2D eigenvalue weighted by molar-refractivity contribution is -0.386. The van der Waals surface area contributed by atoms with Crippen LogP contribution >= 0.6 is 0 Å². The van der Waals surface area contributed by atoms with E-state index in [1.54, 1.807) is 12.1 Å². The minimum atomic E-state index is -2.66. The molecule has 0 saturated carbocycles. The van der Waals surface area contributed by atoms with Gasteiger partial charge in [-0.3, -0.25) is 10.1 Å². The second-order valence-electron chi connectivity index (χ2n) is 12.1. The molecule has 0 bridgehead atoms. The predicted molar refractivity (Wildman–Crippen MR) is 179 cm³/mol. The summed E-state index contributed by atoms with van der Waals surface area (Å²) in [5.41, 5.74) is 0.747. The maximum absolute atomic E-state index is 11.6. The Bertz CT molecular complexity index is 1300. The third-order valence-corrected chi connectivity index (χ3v) is 13.0. The highest BCUT2D eigenvalue weighted by molar-refractivity contribution is 6.99.